The van der Waals surface area contributed by atoms with E-state index in [0.29, 0.717) is 12.1 Å². The first kappa shape index (κ1) is 14.9. The SMILES string of the molecule is c1csc(N[C@H]2CO[C@]3(CCCN(C4CCOCC4)C3)C2)n1. The van der Waals surface area contributed by atoms with E-state index in [9.17, 15) is 0 Å². The highest BCUT2D eigenvalue weighted by Crippen LogP contribution is 2.37. The molecule has 2 atom stereocenters. The number of ether oxygens (including phenoxy) is 2. The summed E-state index contributed by atoms with van der Waals surface area (Å²) in [5.41, 5.74) is 0.0610. The van der Waals surface area contributed by atoms with E-state index in [1.165, 1.54) is 32.2 Å². The van der Waals surface area contributed by atoms with Gasteiger partial charge in [0.05, 0.1) is 18.2 Å². The van der Waals surface area contributed by atoms with Gasteiger partial charge < -0.3 is 14.8 Å². The molecule has 0 aromatic carbocycles. The molecule has 3 fully saturated rings. The topological polar surface area (TPSA) is 46.6 Å². The van der Waals surface area contributed by atoms with E-state index in [1.54, 1.807) is 11.3 Å². The minimum absolute atomic E-state index is 0.0610. The molecule has 3 aliphatic heterocycles. The highest BCUT2D eigenvalue weighted by molar-refractivity contribution is 7.13. The summed E-state index contributed by atoms with van der Waals surface area (Å²) in [4.78, 5) is 6.99. The Labute approximate surface area is 136 Å². The summed E-state index contributed by atoms with van der Waals surface area (Å²) in [6.45, 7) is 4.96. The van der Waals surface area contributed by atoms with Crippen LogP contribution in [0.25, 0.3) is 0 Å². The van der Waals surface area contributed by atoms with Crippen LogP contribution in [0.1, 0.15) is 32.1 Å². The van der Waals surface area contributed by atoms with Gasteiger partial charge in [-0.05, 0) is 32.2 Å². The number of likely N-dealkylation sites (tertiary alicyclic amines) is 1. The predicted octanol–water partition coefficient (Wildman–Crippen LogP) is 2.36. The minimum atomic E-state index is 0.0610. The Hall–Kier alpha value is -0.690. The average Bonchev–Trinajstić information content (AvgIpc) is 3.20. The summed E-state index contributed by atoms with van der Waals surface area (Å²) in [5, 5.41) is 6.56. The summed E-state index contributed by atoms with van der Waals surface area (Å²) >= 11 is 1.67. The van der Waals surface area contributed by atoms with Crippen LogP contribution in [0.3, 0.4) is 0 Å². The van der Waals surface area contributed by atoms with E-state index < -0.39 is 0 Å². The number of nitrogens with zero attached hydrogens (tertiary/aromatic N) is 2. The van der Waals surface area contributed by atoms with Crippen LogP contribution >= 0.6 is 11.3 Å². The molecule has 122 valence electrons. The second kappa shape index (κ2) is 6.43. The van der Waals surface area contributed by atoms with Gasteiger partial charge in [-0.25, -0.2) is 4.98 Å². The summed E-state index contributed by atoms with van der Waals surface area (Å²) in [7, 11) is 0. The second-order valence-electron chi connectivity index (χ2n) is 6.79. The molecule has 1 spiro atoms. The van der Waals surface area contributed by atoms with Crippen LogP contribution in [0.4, 0.5) is 5.13 Å². The number of hydrogen-bond donors (Lipinski definition) is 1. The van der Waals surface area contributed by atoms with Gasteiger partial charge in [-0.2, -0.15) is 0 Å². The van der Waals surface area contributed by atoms with Crippen molar-refractivity contribution in [2.75, 3.05) is 38.2 Å². The van der Waals surface area contributed by atoms with Crippen LogP contribution in [0, 0.1) is 0 Å². The second-order valence-corrected chi connectivity index (χ2v) is 7.69. The average molecular weight is 323 g/mol. The van der Waals surface area contributed by atoms with E-state index in [4.69, 9.17) is 9.47 Å². The maximum atomic E-state index is 6.31. The zero-order chi connectivity index (χ0) is 14.8. The lowest BCUT2D eigenvalue weighted by atomic mass is 9.87. The van der Waals surface area contributed by atoms with Crippen LogP contribution in [0.5, 0.6) is 0 Å². The van der Waals surface area contributed by atoms with Gasteiger partial charge >= 0.3 is 0 Å². The Kier molecular flexibility index (Phi) is 4.35. The number of hydrogen-bond acceptors (Lipinski definition) is 6. The van der Waals surface area contributed by atoms with Gasteiger partial charge in [0.15, 0.2) is 5.13 Å². The first-order chi connectivity index (χ1) is 10.8. The fraction of sp³-hybridized carbons (Fsp3) is 0.812. The van der Waals surface area contributed by atoms with E-state index in [0.717, 1.165) is 37.9 Å². The Morgan fingerprint density at radius 2 is 2.27 bits per heavy atom. The van der Waals surface area contributed by atoms with Crippen LogP contribution in [-0.4, -0.2) is 60.5 Å². The van der Waals surface area contributed by atoms with E-state index in [1.807, 2.05) is 11.6 Å². The molecule has 5 nitrogen and oxygen atoms in total. The third kappa shape index (κ3) is 3.15. The Bertz CT molecular complexity index is 478. The molecule has 0 unspecified atom stereocenters. The van der Waals surface area contributed by atoms with Crippen molar-refractivity contribution in [3.8, 4) is 0 Å². The molecule has 6 heteroatoms. The van der Waals surface area contributed by atoms with E-state index >= 15 is 0 Å². The van der Waals surface area contributed by atoms with Gasteiger partial charge in [-0.3, -0.25) is 4.90 Å². The number of rotatable bonds is 3. The lowest BCUT2D eigenvalue weighted by Gasteiger charge is -2.44. The smallest absolute Gasteiger partial charge is 0.182 e. The third-order valence-electron chi connectivity index (χ3n) is 5.25. The zero-order valence-electron chi connectivity index (χ0n) is 13.0. The monoisotopic (exact) mass is 323 g/mol. The molecule has 0 amide bonds. The first-order valence-corrected chi connectivity index (χ1v) is 9.33. The normalized spacial score (nSPS) is 34.3. The molecule has 3 aliphatic rings. The number of anilines is 1. The highest BCUT2D eigenvalue weighted by Gasteiger charge is 2.44. The molecular formula is C16H25N3O2S. The van der Waals surface area contributed by atoms with Gasteiger partial charge in [-0.1, -0.05) is 0 Å². The summed E-state index contributed by atoms with van der Waals surface area (Å²) in [6.07, 6.45) is 7.76. The van der Waals surface area contributed by atoms with Crippen molar-refractivity contribution < 1.29 is 9.47 Å². The van der Waals surface area contributed by atoms with Gasteiger partial charge in [-0.15, -0.1) is 11.3 Å². The van der Waals surface area contributed by atoms with Gasteiger partial charge in [0.2, 0.25) is 0 Å². The molecule has 0 bridgehead atoms. The fourth-order valence-corrected chi connectivity index (χ4v) is 4.79. The molecule has 0 saturated carbocycles. The van der Waals surface area contributed by atoms with E-state index in [2.05, 4.69) is 15.2 Å². The molecule has 1 N–H and O–H groups in total. The molecule has 4 rings (SSSR count). The summed E-state index contributed by atoms with van der Waals surface area (Å²) in [6, 6.07) is 1.10. The Balaban J connectivity index is 1.37. The maximum Gasteiger partial charge on any atom is 0.182 e. The van der Waals surface area contributed by atoms with Gasteiger partial charge in [0, 0.05) is 43.8 Å². The molecule has 4 heterocycles. The zero-order valence-corrected chi connectivity index (χ0v) is 13.8. The van der Waals surface area contributed by atoms with Crippen molar-refractivity contribution >= 4 is 16.5 Å². The van der Waals surface area contributed by atoms with Crippen LogP contribution in [-0.2, 0) is 9.47 Å². The standard InChI is InChI=1S/C16H25N3O2S/c1-4-16(12-19(6-1)14-2-7-20-8-3-14)10-13(11-21-16)18-15-17-5-9-22-15/h5,9,13-14H,1-4,6-8,10-12H2,(H,17,18)/t13-,16-/m1/s1. The van der Waals surface area contributed by atoms with E-state index in [-0.39, 0.29) is 5.60 Å². The molecule has 0 aliphatic carbocycles. The summed E-state index contributed by atoms with van der Waals surface area (Å²) in [5.74, 6) is 0. The van der Waals surface area contributed by atoms with Crippen LogP contribution in [0.2, 0.25) is 0 Å². The van der Waals surface area contributed by atoms with Crippen molar-refractivity contribution in [1.29, 1.82) is 0 Å². The predicted molar refractivity (Wildman–Crippen MR) is 87.5 cm³/mol. The Morgan fingerprint density at radius 3 is 3.09 bits per heavy atom. The molecule has 1 aromatic rings. The highest BCUT2D eigenvalue weighted by atomic mass is 32.1. The molecule has 0 radical (unpaired) electrons. The Morgan fingerprint density at radius 1 is 1.36 bits per heavy atom. The van der Waals surface area contributed by atoms with Crippen molar-refractivity contribution in [1.82, 2.24) is 9.88 Å². The van der Waals surface area contributed by atoms with Crippen LogP contribution < -0.4 is 5.32 Å². The molecule has 22 heavy (non-hydrogen) atoms. The van der Waals surface area contributed by atoms with Crippen molar-refractivity contribution in [3.63, 3.8) is 0 Å². The quantitative estimate of drug-likeness (QED) is 0.925. The third-order valence-corrected chi connectivity index (χ3v) is 5.95. The molecule has 1 aromatic heterocycles. The van der Waals surface area contributed by atoms with Crippen LogP contribution in [0.15, 0.2) is 11.6 Å². The first-order valence-electron chi connectivity index (χ1n) is 8.45. The van der Waals surface area contributed by atoms with Crippen molar-refractivity contribution in [2.45, 2.75) is 49.8 Å². The van der Waals surface area contributed by atoms with Gasteiger partial charge in [0.1, 0.15) is 0 Å². The lowest BCUT2D eigenvalue weighted by molar-refractivity contribution is -0.0741. The van der Waals surface area contributed by atoms with Gasteiger partial charge in [0.25, 0.3) is 0 Å². The number of nitrogens with one attached hydrogen (secondary N) is 1. The number of thiazole rings is 1. The minimum Gasteiger partial charge on any atom is -0.381 e. The summed E-state index contributed by atoms with van der Waals surface area (Å²) < 4.78 is 11.8. The lowest BCUT2D eigenvalue weighted by Crippen LogP contribution is -2.53. The van der Waals surface area contributed by atoms with Crippen molar-refractivity contribution in [2.24, 2.45) is 0 Å². The molecule has 3 saturated heterocycles. The molecular weight excluding hydrogens is 298 g/mol. The number of aromatic nitrogens is 1. The fourth-order valence-electron chi connectivity index (χ4n) is 4.19. The van der Waals surface area contributed by atoms with Crippen molar-refractivity contribution in [3.05, 3.63) is 11.6 Å². The maximum absolute atomic E-state index is 6.31. The largest absolute Gasteiger partial charge is 0.381 e. The number of piperidine rings is 1.